The fraction of sp³-hybridized carbons (Fsp3) is 0.659. The van der Waals surface area contributed by atoms with E-state index in [9.17, 15) is 62.6 Å². The average molecular weight is 1090 g/mol. The summed E-state index contributed by atoms with van der Waals surface area (Å²) >= 11 is 1.31. The van der Waals surface area contributed by atoms with Crippen LogP contribution >= 0.6 is 11.8 Å². The second-order valence-corrected chi connectivity index (χ2v) is 18.4. The van der Waals surface area contributed by atoms with Gasteiger partial charge in [0, 0.05) is 18.3 Å². The van der Waals surface area contributed by atoms with Crippen molar-refractivity contribution in [1.82, 2.24) is 63.1 Å². The Labute approximate surface area is 437 Å². The summed E-state index contributed by atoms with van der Waals surface area (Å²) in [7, 11) is 0. The van der Waals surface area contributed by atoms with Gasteiger partial charge in [-0.2, -0.15) is 11.8 Å². The first-order chi connectivity index (χ1) is 35.3. The van der Waals surface area contributed by atoms with E-state index in [2.05, 4.69) is 63.1 Å². The molecular weight excluding hydrogens is 1010 g/mol. The minimum atomic E-state index is -1.71. The molecule has 1 heterocycles. The van der Waals surface area contributed by atoms with Gasteiger partial charge >= 0.3 is 5.97 Å². The number of hydrogen-bond acceptors (Lipinski definition) is 18. The molecule has 0 saturated carbocycles. The number of imidazole rings is 1. The molecule has 21 N–H and O–H groups in total. The van der Waals surface area contributed by atoms with Crippen LogP contribution < -0.4 is 76.1 Å². The highest BCUT2D eigenvalue weighted by atomic mass is 32.2. The summed E-state index contributed by atoms with van der Waals surface area (Å²) in [5.74, 6) is -10.8. The van der Waals surface area contributed by atoms with Crippen LogP contribution in [0.2, 0.25) is 0 Å². The summed E-state index contributed by atoms with van der Waals surface area (Å²) < 4.78 is 0. The fourth-order valence-electron chi connectivity index (χ4n) is 6.61. The topological polar surface area (TPSA) is 498 Å². The third kappa shape index (κ3) is 26.2. The molecule has 11 amide bonds. The number of carboxylic acids is 1. The van der Waals surface area contributed by atoms with Crippen molar-refractivity contribution in [3.8, 4) is 0 Å². The van der Waals surface area contributed by atoms with Crippen molar-refractivity contribution < 1.29 is 67.7 Å². The second-order valence-electron chi connectivity index (χ2n) is 17.5. The zero-order valence-corrected chi connectivity index (χ0v) is 43.6. The number of unbranched alkanes of at least 4 members (excludes halogenated alkanes) is 2. The lowest BCUT2D eigenvalue weighted by atomic mass is 10.0. The molecule has 0 aliphatic carbocycles. The molecule has 0 aliphatic heterocycles. The van der Waals surface area contributed by atoms with Crippen LogP contribution in [0.15, 0.2) is 12.5 Å². The number of nitrogens with zero attached hydrogens (tertiary/aromatic N) is 1. The number of nitrogens with one attached hydrogen (secondary N) is 11. The van der Waals surface area contributed by atoms with Gasteiger partial charge in [-0.15, -0.1) is 0 Å². The summed E-state index contributed by atoms with van der Waals surface area (Å²) in [6.07, 6.45) is 3.98. The van der Waals surface area contributed by atoms with Gasteiger partial charge in [-0.25, -0.2) is 4.98 Å². The van der Waals surface area contributed by atoms with E-state index in [0.29, 0.717) is 37.9 Å². The molecular formula is C44H76N16O14S. The number of aromatic amines is 1. The van der Waals surface area contributed by atoms with Crippen molar-refractivity contribution in [3.05, 3.63) is 18.2 Å². The number of carbonyl (C=O) groups is 12. The zero-order valence-electron chi connectivity index (χ0n) is 42.8. The molecule has 75 heavy (non-hydrogen) atoms. The van der Waals surface area contributed by atoms with Crippen LogP contribution in [-0.4, -0.2) is 190 Å². The quantitative estimate of drug-likeness (QED) is 0.0275. The Bertz CT molecular complexity index is 2080. The van der Waals surface area contributed by atoms with Gasteiger partial charge in [0.1, 0.15) is 48.3 Å². The highest BCUT2D eigenvalue weighted by Crippen LogP contribution is 2.09. The number of aliphatic hydroxyl groups excluding tert-OH is 1. The van der Waals surface area contributed by atoms with E-state index in [1.54, 1.807) is 6.26 Å². The third-order valence-corrected chi connectivity index (χ3v) is 11.6. The lowest BCUT2D eigenvalue weighted by molar-refractivity contribution is -0.141. The number of primary amides is 1. The molecule has 422 valence electrons. The van der Waals surface area contributed by atoms with Gasteiger partial charge in [0.15, 0.2) is 0 Å². The average Bonchev–Trinajstić information content (AvgIpc) is 3.87. The minimum Gasteiger partial charge on any atom is -0.480 e. The molecule has 1 rings (SSSR count). The number of thioether (sulfide) groups is 1. The van der Waals surface area contributed by atoms with Gasteiger partial charge in [0.2, 0.25) is 65.0 Å². The predicted molar refractivity (Wildman–Crippen MR) is 271 cm³/mol. The summed E-state index contributed by atoms with van der Waals surface area (Å²) in [4.78, 5) is 162. The number of aromatic nitrogens is 2. The van der Waals surface area contributed by atoms with Crippen molar-refractivity contribution in [3.63, 3.8) is 0 Å². The molecule has 0 spiro atoms. The molecule has 0 fully saturated rings. The van der Waals surface area contributed by atoms with Gasteiger partial charge in [-0.05, 0) is 91.3 Å². The molecule has 0 aliphatic rings. The molecule has 31 heteroatoms. The van der Waals surface area contributed by atoms with Gasteiger partial charge in [0.05, 0.1) is 38.0 Å². The van der Waals surface area contributed by atoms with Crippen molar-refractivity contribution >= 4 is 82.7 Å². The Balaban J connectivity index is 3.18. The number of rotatable bonds is 37. The lowest BCUT2D eigenvalue weighted by Crippen LogP contribution is -2.61. The normalized spacial score (nSPS) is 14.9. The summed E-state index contributed by atoms with van der Waals surface area (Å²) in [6, 6.07) is -12.1. The molecule has 10 atom stereocenters. The van der Waals surface area contributed by atoms with Gasteiger partial charge in [-0.3, -0.25) is 57.5 Å². The molecule has 0 aromatic carbocycles. The van der Waals surface area contributed by atoms with E-state index in [4.69, 9.17) is 28.0 Å². The number of aliphatic hydroxyl groups is 1. The van der Waals surface area contributed by atoms with E-state index in [0.717, 1.165) is 0 Å². The number of hydrogen-bond donors (Lipinski definition) is 17. The highest BCUT2D eigenvalue weighted by molar-refractivity contribution is 7.98. The van der Waals surface area contributed by atoms with Crippen molar-refractivity contribution in [2.45, 2.75) is 146 Å². The Morgan fingerprint density at radius 3 is 1.61 bits per heavy atom. The molecule has 1 aromatic rings. The lowest BCUT2D eigenvalue weighted by Gasteiger charge is -2.27. The first-order valence-electron chi connectivity index (χ1n) is 24.1. The van der Waals surface area contributed by atoms with Gasteiger partial charge < -0.3 is 91.3 Å². The number of nitrogens with two attached hydrogens (primary N) is 4. The van der Waals surface area contributed by atoms with Crippen LogP contribution in [0.3, 0.4) is 0 Å². The predicted octanol–water partition coefficient (Wildman–Crippen LogP) is -7.20. The van der Waals surface area contributed by atoms with Crippen LogP contribution in [0, 0.1) is 0 Å². The Morgan fingerprint density at radius 1 is 0.600 bits per heavy atom. The number of carbonyl (C=O) groups excluding carboxylic acids is 11. The van der Waals surface area contributed by atoms with Crippen LogP contribution in [-0.2, 0) is 64.0 Å². The van der Waals surface area contributed by atoms with Crippen LogP contribution in [0.4, 0.5) is 0 Å². The first kappa shape index (κ1) is 66.1. The maximum Gasteiger partial charge on any atom is 0.325 e. The van der Waals surface area contributed by atoms with E-state index in [1.165, 1.54) is 52.0 Å². The highest BCUT2D eigenvalue weighted by Gasteiger charge is 2.35. The number of carboxylic acid groups (broad SMARTS) is 1. The van der Waals surface area contributed by atoms with E-state index in [-0.39, 0.29) is 38.0 Å². The number of aliphatic carboxylic acids is 1. The van der Waals surface area contributed by atoms with Crippen molar-refractivity contribution in [2.24, 2.45) is 22.9 Å². The van der Waals surface area contributed by atoms with Crippen LogP contribution in [0.5, 0.6) is 0 Å². The first-order valence-corrected chi connectivity index (χ1v) is 25.5. The second kappa shape index (κ2) is 35.3. The van der Waals surface area contributed by atoms with E-state index >= 15 is 0 Å². The summed E-state index contributed by atoms with van der Waals surface area (Å²) in [5, 5.41) is 43.2. The van der Waals surface area contributed by atoms with E-state index in [1.807, 2.05) is 0 Å². The minimum absolute atomic E-state index is 0.00963. The maximum absolute atomic E-state index is 14.0. The van der Waals surface area contributed by atoms with Crippen molar-refractivity contribution in [2.75, 3.05) is 38.2 Å². The molecule has 0 saturated heterocycles. The Hall–Kier alpha value is -6.96. The van der Waals surface area contributed by atoms with Gasteiger partial charge in [0.25, 0.3) is 0 Å². The fourth-order valence-corrected chi connectivity index (χ4v) is 7.08. The molecule has 1 aromatic heterocycles. The summed E-state index contributed by atoms with van der Waals surface area (Å²) in [6.45, 7) is 4.30. The molecule has 0 unspecified atom stereocenters. The maximum atomic E-state index is 14.0. The number of H-pyrrole nitrogens is 1. The molecule has 0 bridgehead atoms. The van der Waals surface area contributed by atoms with Gasteiger partial charge in [-0.1, -0.05) is 6.42 Å². The zero-order chi connectivity index (χ0) is 56.8. The molecule has 0 radical (unpaired) electrons. The van der Waals surface area contributed by atoms with E-state index < -0.39 is 151 Å². The van der Waals surface area contributed by atoms with Crippen LogP contribution in [0.25, 0.3) is 0 Å². The summed E-state index contributed by atoms with van der Waals surface area (Å²) in [5.41, 5.74) is 23.0. The number of amides is 11. The Kier molecular flexibility index (Phi) is 31.1. The standard InChI is InChI=1S/C44H76N16O14S/c1-22(36(65)50-19-33(63)54-23(2)37(66)55-24(3)44(73)74)53-34(64)20-51-39(68)30(16-26-18-49-21-52-26)58-40(69)28(11-7-9-14-46)56-41(70)29(12-15-75-5)57-42(71)31(17-32(48)62)59-43(72)35(25(4)61)60-38(67)27(47)10-6-8-13-45/h18,21-25,27-31,35,61H,6-17,19-20,45-47H2,1-5H3,(H2,48,62)(H,49,52)(H,50,65)(H,51,68)(H,53,64)(H,54,63)(H,55,66)(H,56,70)(H,57,71)(H,58,69)(H,59,72)(H,60,67)(H,73,74)/t22-,23-,24-,25+,27-,28-,29-,30-,31-,35-/m0/s1. The van der Waals surface area contributed by atoms with Crippen molar-refractivity contribution in [1.29, 1.82) is 0 Å². The Morgan fingerprint density at radius 2 is 1.11 bits per heavy atom. The smallest absolute Gasteiger partial charge is 0.325 e. The third-order valence-electron chi connectivity index (χ3n) is 11.0. The SMILES string of the molecule is CSCC[C@H](NC(=O)[C@H](CC(N)=O)NC(=O)[C@@H](NC(=O)[C@@H](N)CCCCN)[C@@H](C)O)C(=O)N[C@@H](CCCCN)C(=O)N[C@@H](Cc1cnc[nH]1)C(=O)NCC(=O)N[C@@H](C)C(=O)NCC(=O)N[C@@H](C)C(=O)N[C@@H](C)C(=O)O. The van der Waals surface area contributed by atoms with Crippen LogP contribution in [0.1, 0.15) is 84.8 Å². The molecule has 30 nitrogen and oxygen atoms in total. The monoisotopic (exact) mass is 1080 g/mol. The largest absolute Gasteiger partial charge is 0.480 e.